The van der Waals surface area contributed by atoms with Gasteiger partial charge in [-0.15, -0.1) is 11.3 Å². The zero-order chi connectivity index (χ0) is 22.8. The molecular formula is C23H18ClN3O4S. The van der Waals surface area contributed by atoms with Crippen LogP contribution >= 0.6 is 22.9 Å². The molecule has 1 amide bonds. The van der Waals surface area contributed by atoms with Crippen molar-refractivity contribution in [2.45, 2.75) is 13.8 Å². The number of ether oxygens (including phenoxy) is 1. The number of carbonyl (C=O) groups excluding carboxylic acids is 2. The van der Waals surface area contributed by atoms with E-state index < -0.39 is 11.5 Å². The Kier molecular flexibility index (Phi) is 6.07. The summed E-state index contributed by atoms with van der Waals surface area (Å²) in [6.07, 6.45) is 0. The van der Waals surface area contributed by atoms with Gasteiger partial charge in [0.25, 0.3) is 11.5 Å². The van der Waals surface area contributed by atoms with E-state index in [0.29, 0.717) is 26.7 Å². The molecule has 9 heteroatoms. The highest BCUT2D eigenvalue weighted by atomic mass is 35.5. The third-order valence-electron chi connectivity index (χ3n) is 4.73. The zero-order valence-electron chi connectivity index (χ0n) is 17.2. The molecule has 0 aliphatic heterocycles. The molecule has 0 saturated heterocycles. The molecule has 0 atom stereocenters. The van der Waals surface area contributed by atoms with Crippen molar-refractivity contribution in [3.63, 3.8) is 0 Å². The number of benzene rings is 2. The SMILES string of the molecule is CCOC(=O)c1nn(-c2ccc(Cl)cc2)c(=O)c2c(NC(=O)c3ccc(C)cc3)scc12. The summed E-state index contributed by atoms with van der Waals surface area (Å²) in [5.74, 6) is -1.02. The van der Waals surface area contributed by atoms with Crippen LogP contribution in [0.1, 0.15) is 33.3 Å². The van der Waals surface area contributed by atoms with Gasteiger partial charge < -0.3 is 10.1 Å². The van der Waals surface area contributed by atoms with Gasteiger partial charge in [-0.2, -0.15) is 9.78 Å². The van der Waals surface area contributed by atoms with Crippen molar-refractivity contribution in [3.05, 3.63) is 86.1 Å². The molecular weight excluding hydrogens is 450 g/mol. The summed E-state index contributed by atoms with van der Waals surface area (Å²) >= 11 is 7.11. The Morgan fingerprint density at radius 2 is 1.81 bits per heavy atom. The van der Waals surface area contributed by atoms with Crippen LogP contribution in [-0.4, -0.2) is 28.3 Å². The topological polar surface area (TPSA) is 90.3 Å². The number of hydrogen-bond acceptors (Lipinski definition) is 6. The Balaban J connectivity index is 1.87. The fourth-order valence-corrected chi connectivity index (χ4v) is 4.19. The fraction of sp³-hybridized carbons (Fsp3) is 0.130. The first-order valence-corrected chi connectivity index (χ1v) is 11.0. The van der Waals surface area contributed by atoms with E-state index >= 15 is 0 Å². The number of nitrogens with zero attached hydrogens (tertiary/aromatic N) is 2. The quantitative estimate of drug-likeness (QED) is 0.424. The van der Waals surface area contributed by atoms with Gasteiger partial charge in [-0.05, 0) is 50.2 Å². The van der Waals surface area contributed by atoms with Crippen LogP contribution in [0, 0.1) is 6.92 Å². The van der Waals surface area contributed by atoms with Crippen LogP contribution in [0.5, 0.6) is 0 Å². The van der Waals surface area contributed by atoms with E-state index in [4.69, 9.17) is 16.3 Å². The number of nitrogens with one attached hydrogen (secondary N) is 1. The van der Waals surface area contributed by atoms with Gasteiger partial charge in [0.05, 0.1) is 17.7 Å². The summed E-state index contributed by atoms with van der Waals surface area (Å²) in [5, 5.41) is 10.00. The van der Waals surface area contributed by atoms with E-state index in [1.807, 2.05) is 19.1 Å². The number of fused-ring (bicyclic) bond motifs is 1. The zero-order valence-corrected chi connectivity index (χ0v) is 18.8. The molecule has 0 spiro atoms. The van der Waals surface area contributed by atoms with Crippen LogP contribution in [0.25, 0.3) is 16.5 Å². The van der Waals surface area contributed by atoms with Crippen LogP contribution in [0.2, 0.25) is 5.02 Å². The highest BCUT2D eigenvalue weighted by Gasteiger charge is 2.23. The summed E-state index contributed by atoms with van der Waals surface area (Å²) in [6, 6.07) is 13.5. The Morgan fingerprint density at radius 3 is 2.47 bits per heavy atom. The molecule has 0 fully saturated rings. The van der Waals surface area contributed by atoms with Gasteiger partial charge >= 0.3 is 5.97 Å². The molecule has 1 N–H and O–H groups in total. The molecule has 32 heavy (non-hydrogen) atoms. The molecule has 0 radical (unpaired) electrons. The lowest BCUT2D eigenvalue weighted by atomic mass is 10.1. The second-order valence-electron chi connectivity index (χ2n) is 6.94. The van der Waals surface area contributed by atoms with Crippen molar-refractivity contribution in [2.24, 2.45) is 0 Å². The first kappa shape index (κ1) is 21.7. The van der Waals surface area contributed by atoms with E-state index in [1.54, 1.807) is 48.7 Å². The molecule has 162 valence electrons. The maximum atomic E-state index is 13.4. The Bertz CT molecular complexity index is 1380. The number of halogens is 1. The highest BCUT2D eigenvalue weighted by Crippen LogP contribution is 2.31. The van der Waals surface area contributed by atoms with Gasteiger partial charge in [-0.25, -0.2) is 4.79 Å². The van der Waals surface area contributed by atoms with Crippen LogP contribution in [0.15, 0.2) is 58.7 Å². The second kappa shape index (κ2) is 8.94. The van der Waals surface area contributed by atoms with Crippen molar-refractivity contribution < 1.29 is 14.3 Å². The smallest absolute Gasteiger partial charge is 0.359 e. The highest BCUT2D eigenvalue weighted by molar-refractivity contribution is 7.16. The van der Waals surface area contributed by atoms with Crippen LogP contribution in [0.3, 0.4) is 0 Å². The standard InChI is InChI=1S/C23H18ClN3O4S/c1-3-31-23(30)19-17-12-32-21(25-20(28)14-6-4-13(2)5-7-14)18(17)22(29)27(26-19)16-10-8-15(24)9-11-16/h4-12H,3H2,1-2H3,(H,25,28). The van der Waals surface area contributed by atoms with Crippen LogP contribution in [-0.2, 0) is 4.74 Å². The molecule has 4 rings (SSSR count). The van der Waals surface area contributed by atoms with Gasteiger partial charge in [0.2, 0.25) is 0 Å². The Morgan fingerprint density at radius 1 is 1.12 bits per heavy atom. The van der Waals surface area contributed by atoms with Crippen molar-refractivity contribution in [1.82, 2.24) is 9.78 Å². The Labute approximate surface area is 192 Å². The van der Waals surface area contributed by atoms with Crippen molar-refractivity contribution in [1.29, 1.82) is 0 Å². The third-order valence-corrected chi connectivity index (χ3v) is 5.88. The molecule has 2 aromatic carbocycles. The predicted octanol–water partition coefficient (Wildman–Crippen LogP) is 4.84. The van der Waals surface area contributed by atoms with Gasteiger partial charge in [0, 0.05) is 21.4 Å². The number of esters is 1. The largest absolute Gasteiger partial charge is 0.461 e. The van der Waals surface area contributed by atoms with Crippen molar-refractivity contribution in [2.75, 3.05) is 11.9 Å². The molecule has 0 unspecified atom stereocenters. The number of thiophene rings is 1. The number of hydrogen-bond donors (Lipinski definition) is 1. The molecule has 0 bridgehead atoms. The lowest BCUT2D eigenvalue weighted by Gasteiger charge is -2.10. The fourth-order valence-electron chi connectivity index (χ4n) is 3.13. The van der Waals surface area contributed by atoms with Gasteiger partial charge in [0.15, 0.2) is 5.69 Å². The average Bonchev–Trinajstić information content (AvgIpc) is 3.19. The Hall–Kier alpha value is -3.49. The minimum absolute atomic E-state index is 0.0107. The van der Waals surface area contributed by atoms with Gasteiger partial charge in [-0.1, -0.05) is 29.3 Å². The normalized spacial score (nSPS) is 10.8. The maximum absolute atomic E-state index is 13.4. The molecule has 2 aromatic heterocycles. The molecule has 0 saturated carbocycles. The van der Waals surface area contributed by atoms with Gasteiger partial charge in [-0.3, -0.25) is 9.59 Å². The molecule has 7 nitrogen and oxygen atoms in total. The summed E-state index contributed by atoms with van der Waals surface area (Å²) < 4.78 is 6.25. The first-order valence-electron chi connectivity index (χ1n) is 9.74. The van der Waals surface area contributed by atoms with Crippen molar-refractivity contribution in [3.8, 4) is 5.69 Å². The molecule has 4 aromatic rings. The lowest BCUT2D eigenvalue weighted by Crippen LogP contribution is -2.25. The monoisotopic (exact) mass is 467 g/mol. The van der Waals surface area contributed by atoms with E-state index in [-0.39, 0.29) is 23.6 Å². The average molecular weight is 468 g/mol. The molecule has 2 heterocycles. The number of aromatic nitrogens is 2. The molecule has 0 aliphatic carbocycles. The summed E-state index contributed by atoms with van der Waals surface area (Å²) in [4.78, 5) is 38.7. The lowest BCUT2D eigenvalue weighted by molar-refractivity contribution is 0.0520. The second-order valence-corrected chi connectivity index (χ2v) is 8.25. The van der Waals surface area contributed by atoms with Crippen LogP contribution in [0.4, 0.5) is 5.00 Å². The summed E-state index contributed by atoms with van der Waals surface area (Å²) in [6.45, 7) is 3.77. The minimum atomic E-state index is -0.658. The number of anilines is 1. The molecule has 0 aliphatic rings. The van der Waals surface area contributed by atoms with Gasteiger partial charge in [0.1, 0.15) is 5.00 Å². The number of carbonyl (C=O) groups is 2. The minimum Gasteiger partial charge on any atom is -0.461 e. The van der Waals surface area contributed by atoms with E-state index in [1.165, 1.54) is 0 Å². The first-order chi connectivity index (χ1) is 15.4. The number of rotatable bonds is 5. The van der Waals surface area contributed by atoms with Crippen molar-refractivity contribution >= 4 is 50.6 Å². The van der Waals surface area contributed by atoms with E-state index in [0.717, 1.165) is 21.6 Å². The predicted molar refractivity (Wildman–Crippen MR) is 125 cm³/mol. The van der Waals surface area contributed by atoms with E-state index in [2.05, 4.69) is 10.4 Å². The number of amides is 1. The maximum Gasteiger partial charge on any atom is 0.359 e. The third kappa shape index (κ3) is 4.15. The van der Waals surface area contributed by atoms with E-state index in [9.17, 15) is 14.4 Å². The number of aryl methyl sites for hydroxylation is 1. The van der Waals surface area contributed by atoms with Crippen LogP contribution < -0.4 is 10.9 Å². The summed E-state index contributed by atoms with van der Waals surface area (Å²) in [5.41, 5.74) is 1.42. The summed E-state index contributed by atoms with van der Waals surface area (Å²) in [7, 11) is 0.